The molecule has 0 aliphatic carbocycles. The van der Waals surface area contributed by atoms with Gasteiger partial charge in [-0.15, -0.1) is 0 Å². The number of thioether (sulfide) groups is 1. The first-order valence-electron chi connectivity index (χ1n) is 9.56. The lowest BCUT2D eigenvalue weighted by molar-refractivity contribution is -0.124. The van der Waals surface area contributed by atoms with Crippen molar-refractivity contribution in [1.82, 2.24) is 9.80 Å². The van der Waals surface area contributed by atoms with Gasteiger partial charge >= 0.3 is 0 Å². The predicted molar refractivity (Wildman–Crippen MR) is 119 cm³/mol. The number of aryl methyl sites for hydroxylation is 1. The van der Waals surface area contributed by atoms with Crippen LogP contribution in [0.1, 0.15) is 11.1 Å². The zero-order chi connectivity index (χ0) is 20.4. The lowest BCUT2D eigenvalue weighted by Crippen LogP contribution is -2.51. The highest BCUT2D eigenvalue weighted by Gasteiger charge is 2.36. The number of rotatable bonds is 4. The number of anilines is 1. The maximum Gasteiger partial charge on any atom is 0.294 e. The van der Waals surface area contributed by atoms with Gasteiger partial charge in [0, 0.05) is 36.9 Å². The predicted octanol–water partition coefficient (Wildman–Crippen LogP) is 4.46. The van der Waals surface area contributed by atoms with E-state index in [0.717, 1.165) is 43.5 Å². The van der Waals surface area contributed by atoms with E-state index < -0.39 is 0 Å². The number of benzene rings is 2. The second-order valence-corrected chi connectivity index (χ2v) is 8.56. The molecule has 2 heterocycles. The van der Waals surface area contributed by atoms with Gasteiger partial charge in [0.1, 0.15) is 0 Å². The number of hydrogen-bond acceptors (Lipinski definition) is 5. The third kappa shape index (κ3) is 4.34. The Hall–Kier alpha value is -2.28. The molecule has 0 radical (unpaired) electrons. The number of para-hydroxylation sites is 1. The summed E-state index contributed by atoms with van der Waals surface area (Å²) in [6.07, 6.45) is 1.70. The van der Waals surface area contributed by atoms with E-state index in [0.29, 0.717) is 16.6 Å². The van der Waals surface area contributed by atoms with Crippen molar-refractivity contribution in [3.63, 3.8) is 0 Å². The summed E-state index contributed by atoms with van der Waals surface area (Å²) in [7, 11) is 0. The van der Waals surface area contributed by atoms with Crippen LogP contribution < -0.4 is 4.90 Å². The molecule has 0 saturated carbocycles. The van der Waals surface area contributed by atoms with Gasteiger partial charge in [-0.1, -0.05) is 48.0 Å². The van der Waals surface area contributed by atoms with Crippen LogP contribution in [0.4, 0.5) is 10.5 Å². The molecule has 2 aromatic carbocycles. The van der Waals surface area contributed by atoms with Crippen LogP contribution in [0.3, 0.4) is 0 Å². The molecule has 2 amide bonds. The number of amides is 2. The van der Waals surface area contributed by atoms with Gasteiger partial charge in [0.15, 0.2) is 0 Å². The topological polar surface area (TPSA) is 43.9 Å². The number of piperazine rings is 1. The van der Waals surface area contributed by atoms with Gasteiger partial charge in [0.05, 0.1) is 11.6 Å². The van der Waals surface area contributed by atoms with E-state index in [4.69, 9.17) is 11.6 Å². The summed E-state index contributed by atoms with van der Waals surface area (Å²) < 4.78 is 0. The summed E-state index contributed by atoms with van der Waals surface area (Å²) in [4.78, 5) is 31.5. The monoisotopic (exact) mass is 427 g/mol. The molecule has 0 N–H and O–H groups in total. The van der Waals surface area contributed by atoms with Crippen molar-refractivity contribution >= 4 is 46.3 Å². The molecule has 29 heavy (non-hydrogen) atoms. The Kier molecular flexibility index (Phi) is 5.94. The third-order valence-corrected chi connectivity index (χ3v) is 6.49. The van der Waals surface area contributed by atoms with Crippen molar-refractivity contribution in [3.05, 3.63) is 69.6 Å². The van der Waals surface area contributed by atoms with E-state index in [1.165, 1.54) is 16.2 Å². The van der Waals surface area contributed by atoms with Crippen LogP contribution in [0.15, 0.2) is 53.4 Å². The highest BCUT2D eigenvalue weighted by molar-refractivity contribution is 8.18. The Morgan fingerprint density at radius 3 is 2.41 bits per heavy atom. The van der Waals surface area contributed by atoms with Crippen molar-refractivity contribution in [2.75, 3.05) is 37.7 Å². The smallest absolute Gasteiger partial charge is 0.294 e. The maximum atomic E-state index is 12.8. The summed E-state index contributed by atoms with van der Waals surface area (Å²) in [6.45, 7) is 5.80. The molecule has 150 valence electrons. The number of nitrogens with zero attached hydrogens (tertiary/aromatic N) is 3. The standard InChI is InChI=1S/C22H22ClN3O2S/c1-16-6-2-5-9-19(16)25-12-10-24(11-13-25)15-26-21(27)20(29-22(26)28)14-17-7-3-4-8-18(17)23/h2-9,14H,10-13,15H2,1H3/b20-14+. The van der Waals surface area contributed by atoms with E-state index in [9.17, 15) is 9.59 Å². The van der Waals surface area contributed by atoms with Gasteiger partial charge in [-0.3, -0.25) is 19.4 Å². The molecule has 2 saturated heterocycles. The first-order valence-corrected chi connectivity index (χ1v) is 10.8. The Morgan fingerprint density at radius 2 is 1.69 bits per heavy atom. The molecule has 4 rings (SSSR count). The zero-order valence-corrected chi connectivity index (χ0v) is 17.7. The summed E-state index contributed by atoms with van der Waals surface area (Å²) in [5, 5.41) is 0.335. The first-order chi connectivity index (χ1) is 14.0. The SMILES string of the molecule is Cc1ccccc1N1CCN(CN2C(=O)S/C(=C/c3ccccc3Cl)C2=O)CC1. The minimum atomic E-state index is -0.249. The van der Waals surface area contributed by atoms with Crippen molar-refractivity contribution in [2.24, 2.45) is 0 Å². The first kappa shape index (κ1) is 20.0. The molecule has 2 aliphatic rings. The molecule has 0 aromatic heterocycles. The molecular weight excluding hydrogens is 406 g/mol. The molecule has 0 unspecified atom stereocenters. The van der Waals surface area contributed by atoms with E-state index in [1.807, 2.05) is 24.3 Å². The van der Waals surface area contributed by atoms with Crippen LogP contribution >= 0.6 is 23.4 Å². The molecule has 2 aromatic rings. The molecule has 7 heteroatoms. The largest absolute Gasteiger partial charge is 0.369 e. The van der Waals surface area contributed by atoms with E-state index in [2.05, 4.69) is 34.9 Å². The Morgan fingerprint density at radius 1 is 1.00 bits per heavy atom. The Bertz CT molecular complexity index is 970. The lowest BCUT2D eigenvalue weighted by atomic mass is 10.1. The van der Waals surface area contributed by atoms with Gasteiger partial charge in [-0.05, 0) is 48.0 Å². The highest BCUT2D eigenvalue weighted by atomic mass is 35.5. The van der Waals surface area contributed by atoms with Gasteiger partial charge in [0.25, 0.3) is 11.1 Å². The summed E-state index contributed by atoms with van der Waals surface area (Å²) in [6, 6.07) is 15.7. The molecular formula is C22H22ClN3O2S. The Labute approximate surface area is 179 Å². The van der Waals surface area contributed by atoms with Gasteiger partial charge in [-0.25, -0.2) is 0 Å². The number of carbonyl (C=O) groups excluding carboxylic acids is 2. The van der Waals surface area contributed by atoms with Crippen LogP contribution in [0, 0.1) is 6.92 Å². The van der Waals surface area contributed by atoms with Crippen LogP contribution in [-0.2, 0) is 4.79 Å². The Balaban J connectivity index is 1.39. The van der Waals surface area contributed by atoms with Crippen molar-refractivity contribution < 1.29 is 9.59 Å². The van der Waals surface area contributed by atoms with Crippen LogP contribution in [-0.4, -0.2) is 53.8 Å². The van der Waals surface area contributed by atoms with Crippen molar-refractivity contribution in [1.29, 1.82) is 0 Å². The normalized spacial score (nSPS) is 19.4. The number of carbonyl (C=O) groups is 2. The van der Waals surface area contributed by atoms with Crippen molar-refractivity contribution in [2.45, 2.75) is 6.92 Å². The fourth-order valence-corrected chi connectivity index (χ4v) is 4.62. The van der Waals surface area contributed by atoms with Gasteiger partial charge < -0.3 is 4.90 Å². The van der Waals surface area contributed by atoms with Crippen LogP contribution in [0.25, 0.3) is 6.08 Å². The van der Waals surface area contributed by atoms with E-state index >= 15 is 0 Å². The molecule has 0 spiro atoms. The van der Waals surface area contributed by atoms with E-state index in [-0.39, 0.29) is 11.1 Å². The number of halogens is 1. The zero-order valence-electron chi connectivity index (χ0n) is 16.2. The number of hydrogen-bond donors (Lipinski definition) is 0. The second-order valence-electron chi connectivity index (χ2n) is 7.16. The summed E-state index contributed by atoms with van der Waals surface area (Å²) in [5.41, 5.74) is 3.25. The van der Waals surface area contributed by atoms with Gasteiger partial charge in [-0.2, -0.15) is 0 Å². The summed E-state index contributed by atoms with van der Waals surface area (Å²) in [5.74, 6) is -0.249. The van der Waals surface area contributed by atoms with Crippen LogP contribution in [0.5, 0.6) is 0 Å². The van der Waals surface area contributed by atoms with Crippen molar-refractivity contribution in [3.8, 4) is 0 Å². The fraction of sp³-hybridized carbons (Fsp3) is 0.273. The van der Waals surface area contributed by atoms with Gasteiger partial charge in [0.2, 0.25) is 0 Å². The minimum Gasteiger partial charge on any atom is -0.369 e. The average molecular weight is 428 g/mol. The minimum absolute atomic E-state index is 0.227. The molecule has 0 atom stereocenters. The lowest BCUT2D eigenvalue weighted by Gasteiger charge is -2.37. The van der Waals surface area contributed by atoms with Crippen LogP contribution in [0.2, 0.25) is 5.02 Å². The number of imide groups is 1. The van der Waals surface area contributed by atoms with E-state index in [1.54, 1.807) is 12.1 Å². The second kappa shape index (κ2) is 8.61. The molecule has 0 bridgehead atoms. The highest BCUT2D eigenvalue weighted by Crippen LogP contribution is 2.33. The molecule has 5 nitrogen and oxygen atoms in total. The summed E-state index contributed by atoms with van der Waals surface area (Å²) >= 11 is 7.15. The molecule has 2 aliphatic heterocycles. The molecule has 2 fully saturated rings. The quantitative estimate of drug-likeness (QED) is 0.674. The maximum absolute atomic E-state index is 12.8. The average Bonchev–Trinajstić information content (AvgIpc) is 2.98. The fourth-order valence-electron chi connectivity index (χ4n) is 3.60. The third-order valence-electron chi connectivity index (χ3n) is 5.24.